The average molecular weight is 289 g/mol. The second-order valence-corrected chi connectivity index (χ2v) is 7.40. The number of aliphatic hydroxyl groups excluding tert-OH is 1. The van der Waals surface area contributed by atoms with E-state index in [0.717, 1.165) is 6.07 Å². The Morgan fingerprint density at radius 2 is 1.95 bits per heavy atom. The lowest BCUT2D eigenvalue weighted by atomic mass is 9.89. The highest BCUT2D eigenvalue weighted by Gasteiger charge is 2.25. The van der Waals surface area contributed by atoms with Gasteiger partial charge in [-0.25, -0.2) is 17.5 Å². The monoisotopic (exact) mass is 289 g/mol. The van der Waals surface area contributed by atoms with E-state index in [0.29, 0.717) is 5.56 Å². The van der Waals surface area contributed by atoms with Gasteiger partial charge in [0, 0.05) is 6.54 Å². The molecule has 0 spiro atoms. The van der Waals surface area contributed by atoms with Crippen LogP contribution in [0.4, 0.5) is 4.39 Å². The summed E-state index contributed by atoms with van der Waals surface area (Å²) in [5, 5.41) is 9.80. The minimum atomic E-state index is -3.95. The molecule has 108 valence electrons. The number of hydrogen-bond acceptors (Lipinski definition) is 3. The fourth-order valence-electron chi connectivity index (χ4n) is 1.39. The van der Waals surface area contributed by atoms with E-state index in [1.807, 2.05) is 0 Å². The predicted octanol–water partition coefficient (Wildman–Crippen LogP) is 1.82. The molecule has 1 aromatic carbocycles. The Morgan fingerprint density at radius 3 is 2.47 bits per heavy atom. The molecule has 0 bridgehead atoms. The number of rotatable bonds is 4. The van der Waals surface area contributed by atoms with Gasteiger partial charge in [0.25, 0.3) is 0 Å². The first-order valence-electron chi connectivity index (χ1n) is 5.98. The van der Waals surface area contributed by atoms with Gasteiger partial charge < -0.3 is 5.11 Å². The molecule has 0 amide bonds. The first-order chi connectivity index (χ1) is 8.54. The van der Waals surface area contributed by atoms with Crippen LogP contribution >= 0.6 is 0 Å². The summed E-state index contributed by atoms with van der Waals surface area (Å²) in [6, 6.07) is 3.88. The van der Waals surface area contributed by atoms with Gasteiger partial charge in [-0.1, -0.05) is 26.8 Å². The van der Waals surface area contributed by atoms with E-state index in [1.54, 1.807) is 27.7 Å². The number of halogens is 1. The van der Waals surface area contributed by atoms with Gasteiger partial charge in [-0.2, -0.15) is 0 Å². The third-order valence-electron chi connectivity index (χ3n) is 2.84. The molecule has 1 atom stereocenters. The van der Waals surface area contributed by atoms with Gasteiger partial charge in [0.15, 0.2) is 0 Å². The summed E-state index contributed by atoms with van der Waals surface area (Å²) in [6.07, 6.45) is -0.852. The van der Waals surface area contributed by atoms with Gasteiger partial charge in [-0.3, -0.25) is 0 Å². The molecular formula is C13H20FNO3S. The van der Waals surface area contributed by atoms with Crippen molar-refractivity contribution in [3.05, 3.63) is 29.6 Å². The predicted molar refractivity (Wildman–Crippen MR) is 71.8 cm³/mol. The number of aliphatic hydroxyl groups is 1. The summed E-state index contributed by atoms with van der Waals surface area (Å²) in [4.78, 5) is -0.395. The molecule has 4 nitrogen and oxygen atoms in total. The average Bonchev–Trinajstić information content (AvgIpc) is 2.28. The molecule has 1 unspecified atom stereocenters. The first-order valence-corrected chi connectivity index (χ1v) is 7.46. The van der Waals surface area contributed by atoms with Crippen molar-refractivity contribution in [3.63, 3.8) is 0 Å². The lowest BCUT2D eigenvalue weighted by molar-refractivity contribution is 0.0677. The van der Waals surface area contributed by atoms with Gasteiger partial charge >= 0.3 is 0 Å². The molecule has 0 saturated heterocycles. The summed E-state index contributed by atoms with van der Waals surface area (Å²) in [7, 11) is -3.95. The molecule has 0 saturated carbocycles. The molecule has 0 fully saturated rings. The first kappa shape index (κ1) is 16.1. The fourth-order valence-corrected chi connectivity index (χ4v) is 2.59. The summed E-state index contributed by atoms with van der Waals surface area (Å²) >= 11 is 0. The quantitative estimate of drug-likeness (QED) is 0.888. The molecule has 0 aliphatic heterocycles. The van der Waals surface area contributed by atoms with Crippen molar-refractivity contribution >= 4 is 10.0 Å². The zero-order chi connectivity index (χ0) is 14.8. The minimum absolute atomic E-state index is 0.154. The van der Waals surface area contributed by atoms with Crippen molar-refractivity contribution in [2.75, 3.05) is 6.54 Å². The van der Waals surface area contributed by atoms with Crippen LogP contribution in [0.5, 0.6) is 0 Å². The van der Waals surface area contributed by atoms with Crippen LogP contribution in [0.2, 0.25) is 0 Å². The molecule has 1 aromatic rings. The molecule has 0 aromatic heterocycles. The van der Waals surface area contributed by atoms with Crippen LogP contribution in [0.25, 0.3) is 0 Å². The molecular weight excluding hydrogens is 269 g/mol. The largest absolute Gasteiger partial charge is 0.391 e. The van der Waals surface area contributed by atoms with E-state index >= 15 is 0 Å². The maximum absolute atomic E-state index is 13.5. The van der Waals surface area contributed by atoms with Crippen molar-refractivity contribution in [1.29, 1.82) is 0 Å². The van der Waals surface area contributed by atoms with E-state index < -0.39 is 32.3 Å². The maximum Gasteiger partial charge on any atom is 0.243 e. The number of nitrogens with one attached hydrogen (secondary N) is 1. The van der Waals surface area contributed by atoms with E-state index in [4.69, 9.17) is 0 Å². The van der Waals surface area contributed by atoms with Gasteiger partial charge in [0.1, 0.15) is 10.7 Å². The lowest BCUT2D eigenvalue weighted by Gasteiger charge is -2.25. The third kappa shape index (κ3) is 4.26. The van der Waals surface area contributed by atoms with E-state index in [-0.39, 0.29) is 6.54 Å². The highest BCUT2D eigenvalue weighted by Crippen LogP contribution is 2.20. The minimum Gasteiger partial charge on any atom is -0.391 e. The fraction of sp³-hybridized carbons (Fsp3) is 0.538. The zero-order valence-electron chi connectivity index (χ0n) is 11.6. The van der Waals surface area contributed by atoms with Gasteiger partial charge in [0.2, 0.25) is 10.0 Å². The summed E-state index contributed by atoms with van der Waals surface area (Å²) in [5.41, 5.74) is 0.200. The van der Waals surface area contributed by atoms with Crippen LogP contribution in [0.15, 0.2) is 23.1 Å². The van der Waals surface area contributed by atoms with Crippen LogP contribution in [0.3, 0.4) is 0 Å². The Morgan fingerprint density at radius 1 is 1.37 bits per heavy atom. The molecule has 1 rings (SSSR count). The number of sulfonamides is 1. The Bertz CT molecular complexity index is 549. The molecule has 0 heterocycles. The third-order valence-corrected chi connectivity index (χ3v) is 4.28. The standard InChI is InChI=1S/C13H20FNO3S/c1-9-5-6-10(14)11(7-9)19(17,18)15-8-12(16)13(2,3)4/h5-7,12,15-16H,8H2,1-4H3. The van der Waals surface area contributed by atoms with Crippen LogP contribution in [-0.4, -0.2) is 26.2 Å². The topological polar surface area (TPSA) is 66.4 Å². The number of benzene rings is 1. The van der Waals surface area contributed by atoms with Crippen molar-refractivity contribution in [1.82, 2.24) is 4.72 Å². The highest BCUT2D eigenvalue weighted by atomic mass is 32.2. The Labute approximate surface area is 113 Å². The zero-order valence-corrected chi connectivity index (χ0v) is 12.4. The SMILES string of the molecule is Cc1ccc(F)c(S(=O)(=O)NCC(O)C(C)(C)C)c1. The smallest absolute Gasteiger partial charge is 0.243 e. The Hall–Kier alpha value is -0.980. The Balaban J connectivity index is 2.91. The van der Waals surface area contributed by atoms with Crippen molar-refractivity contribution < 1.29 is 17.9 Å². The van der Waals surface area contributed by atoms with Crippen LogP contribution in [-0.2, 0) is 10.0 Å². The molecule has 0 aliphatic carbocycles. The summed E-state index contributed by atoms with van der Waals surface area (Å²) in [6.45, 7) is 6.90. The van der Waals surface area contributed by atoms with Gasteiger partial charge in [-0.15, -0.1) is 0 Å². The van der Waals surface area contributed by atoms with Crippen LogP contribution < -0.4 is 4.72 Å². The van der Waals surface area contributed by atoms with Crippen molar-refractivity contribution in [3.8, 4) is 0 Å². The lowest BCUT2D eigenvalue weighted by Crippen LogP contribution is -2.39. The van der Waals surface area contributed by atoms with E-state index in [1.165, 1.54) is 12.1 Å². The molecule has 0 aliphatic rings. The molecule has 6 heteroatoms. The normalized spacial score (nSPS) is 14.4. The van der Waals surface area contributed by atoms with E-state index in [2.05, 4.69) is 4.72 Å². The van der Waals surface area contributed by atoms with E-state index in [9.17, 15) is 17.9 Å². The Kier molecular flexibility index (Phi) is 4.71. The van der Waals surface area contributed by atoms with Crippen molar-refractivity contribution in [2.24, 2.45) is 5.41 Å². The molecule has 2 N–H and O–H groups in total. The van der Waals surface area contributed by atoms with Crippen LogP contribution in [0, 0.1) is 18.2 Å². The maximum atomic E-state index is 13.5. The van der Waals surface area contributed by atoms with Crippen LogP contribution in [0.1, 0.15) is 26.3 Å². The number of aryl methyl sites for hydroxylation is 1. The van der Waals surface area contributed by atoms with Gasteiger partial charge in [0.05, 0.1) is 6.10 Å². The molecule has 19 heavy (non-hydrogen) atoms. The second kappa shape index (κ2) is 5.56. The number of hydrogen-bond donors (Lipinski definition) is 2. The summed E-state index contributed by atoms with van der Waals surface area (Å²) in [5.74, 6) is -0.802. The highest BCUT2D eigenvalue weighted by molar-refractivity contribution is 7.89. The second-order valence-electron chi connectivity index (χ2n) is 5.67. The van der Waals surface area contributed by atoms with Gasteiger partial charge in [-0.05, 0) is 30.0 Å². The van der Waals surface area contributed by atoms with Crippen molar-refractivity contribution in [2.45, 2.75) is 38.7 Å². The molecule has 0 radical (unpaired) electrons. The summed E-state index contributed by atoms with van der Waals surface area (Å²) < 4.78 is 39.7.